The summed E-state index contributed by atoms with van der Waals surface area (Å²) < 4.78 is 4.73. The van der Waals surface area contributed by atoms with Crippen molar-refractivity contribution in [2.75, 3.05) is 7.11 Å². The van der Waals surface area contributed by atoms with Gasteiger partial charge in [0.15, 0.2) is 6.10 Å². The Morgan fingerprint density at radius 3 is 2.30 bits per heavy atom. The fourth-order valence-corrected chi connectivity index (χ4v) is 2.02. The van der Waals surface area contributed by atoms with Crippen molar-refractivity contribution in [3.63, 3.8) is 0 Å². The van der Waals surface area contributed by atoms with E-state index in [1.807, 2.05) is 37.3 Å². The van der Waals surface area contributed by atoms with Crippen molar-refractivity contribution >= 4 is 11.9 Å². The maximum absolute atomic E-state index is 12.0. The van der Waals surface area contributed by atoms with Gasteiger partial charge in [0.1, 0.15) is 0 Å². The van der Waals surface area contributed by atoms with E-state index in [4.69, 9.17) is 9.57 Å². The van der Waals surface area contributed by atoms with Crippen molar-refractivity contribution in [3.05, 3.63) is 71.3 Å². The molecule has 2 rings (SSSR count). The van der Waals surface area contributed by atoms with Gasteiger partial charge < -0.3 is 4.74 Å². The Bertz CT molecular complexity index is 652. The molecule has 1 atom stereocenters. The zero-order valence-electron chi connectivity index (χ0n) is 13.1. The highest BCUT2D eigenvalue weighted by Crippen LogP contribution is 2.09. The van der Waals surface area contributed by atoms with Crippen LogP contribution in [0.1, 0.15) is 21.5 Å². The van der Waals surface area contributed by atoms with Gasteiger partial charge in [-0.1, -0.05) is 48.0 Å². The lowest BCUT2D eigenvalue weighted by molar-refractivity contribution is -0.157. The summed E-state index contributed by atoms with van der Waals surface area (Å²) >= 11 is 0. The Morgan fingerprint density at radius 2 is 1.70 bits per heavy atom. The summed E-state index contributed by atoms with van der Waals surface area (Å²) in [5.41, 5.74) is 4.80. The number of hydroxylamine groups is 1. The van der Waals surface area contributed by atoms with Crippen LogP contribution in [0.15, 0.2) is 54.6 Å². The second-order valence-electron chi connectivity index (χ2n) is 5.12. The number of benzene rings is 2. The van der Waals surface area contributed by atoms with Crippen molar-refractivity contribution in [3.8, 4) is 0 Å². The van der Waals surface area contributed by atoms with Gasteiger partial charge >= 0.3 is 5.97 Å². The molecule has 0 spiro atoms. The third kappa shape index (κ3) is 4.93. The number of carbonyl (C=O) groups is 2. The van der Waals surface area contributed by atoms with Gasteiger partial charge in [0.2, 0.25) is 0 Å². The molecule has 0 aromatic heterocycles. The first kappa shape index (κ1) is 16.7. The fourth-order valence-electron chi connectivity index (χ4n) is 2.02. The van der Waals surface area contributed by atoms with Crippen LogP contribution >= 0.6 is 0 Å². The van der Waals surface area contributed by atoms with Gasteiger partial charge in [-0.3, -0.25) is 9.63 Å². The topological polar surface area (TPSA) is 64.6 Å². The molecule has 0 heterocycles. The number of hydrogen-bond acceptors (Lipinski definition) is 4. The molecule has 2 aromatic carbocycles. The minimum atomic E-state index is -0.907. The van der Waals surface area contributed by atoms with Crippen LogP contribution in [0, 0.1) is 6.92 Å². The zero-order chi connectivity index (χ0) is 16.7. The minimum Gasteiger partial charge on any atom is -0.467 e. The lowest BCUT2D eigenvalue weighted by Gasteiger charge is -2.16. The Balaban J connectivity index is 2.00. The van der Waals surface area contributed by atoms with Crippen LogP contribution in [0.2, 0.25) is 0 Å². The first-order valence-electron chi connectivity index (χ1n) is 7.24. The van der Waals surface area contributed by atoms with Gasteiger partial charge in [0, 0.05) is 12.0 Å². The molecule has 0 fully saturated rings. The van der Waals surface area contributed by atoms with Crippen molar-refractivity contribution < 1.29 is 19.2 Å². The van der Waals surface area contributed by atoms with Crippen molar-refractivity contribution in [2.24, 2.45) is 0 Å². The molecule has 5 nitrogen and oxygen atoms in total. The predicted molar refractivity (Wildman–Crippen MR) is 85.7 cm³/mol. The van der Waals surface area contributed by atoms with Gasteiger partial charge in [0.25, 0.3) is 5.91 Å². The maximum atomic E-state index is 12.0. The molecule has 23 heavy (non-hydrogen) atoms. The molecule has 0 radical (unpaired) electrons. The van der Waals surface area contributed by atoms with Crippen LogP contribution in [0.3, 0.4) is 0 Å². The monoisotopic (exact) mass is 313 g/mol. The molecule has 120 valence electrons. The van der Waals surface area contributed by atoms with E-state index in [1.54, 1.807) is 24.3 Å². The first-order valence-corrected chi connectivity index (χ1v) is 7.24. The number of methoxy groups -OCH3 is 1. The molecule has 1 N–H and O–H groups in total. The SMILES string of the molecule is COC(=O)C(Cc1ccc(C)cc1)ONC(=O)c1ccccc1. The van der Waals surface area contributed by atoms with Crippen LogP contribution in [-0.2, 0) is 20.8 Å². The van der Waals surface area contributed by atoms with Crippen LogP contribution in [0.4, 0.5) is 0 Å². The third-order valence-electron chi connectivity index (χ3n) is 3.34. The van der Waals surface area contributed by atoms with E-state index < -0.39 is 18.0 Å². The number of aryl methyl sites for hydroxylation is 1. The van der Waals surface area contributed by atoms with E-state index in [0.29, 0.717) is 12.0 Å². The molecule has 2 aromatic rings. The number of carbonyl (C=O) groups excluding carboxylic acids is 2. The van der Waals surface area contributed by atoms with Crippen LogP contribution in [0.25, 0.3) is 0 Å². The van der Waals surface area contributed by atoms with Crippen molar-refractivity contribution in [1.82, 2.24) is 5.48 Å². The number of ether oxygens (including phenoxy) is 1. The van der Waals surface area contributed by atoms with Crippen LogP contribution in [-0.4, -0.2) is 25.1 Å². The summed E-state index contributed by atoms with van der Waals surface area (Å²) in [6.45, 7) is 1.98. The van der Waals surface area contributed by atoms with E-state index in [-0.39, 0.29) is 0 Å². The molecule has 5 heteroatoms. The number of hydrogen-bond donors (Lipinski definition) is 1. The molecule has 1 unspecified atom stereocenters. The molecular weight excluding hydrogens is 294 g/mol. The van der Waals surface area contributed by atoms with Gasteiger partial charge in [0.05, 0.1) is 7.11 Å². The average molecular weight is 313 g/mol. The summed E-state index contributed by atoms with van der Waals surface area (Å²) in [6.07, 6.45) is -0.600. The summed E-state index contributed by atoms with van der Waals surface area (Å²) in [4.78, 5) is 29.1. The highest BCUT2D eigenvalue weighted by Gasteiger charge is 2.22. The second-order valence-corrected chi connectivity index (χ2v) is 5.12. The largest absolute Gasteiger partial charge is 0.467 e. The smallest absolute Gasteiger partial charge is 0.338 e. The number of nitrogens with one attached hydrogen (secondary N) is 1. The summed E-state index contributed by atoms with van der Waals surface area (Å²) in [5.74, 6) is -0.956. The molecular formula is C18H19NO4. The molecule has 0 bridgehead atoms. The number of amides is 1. The van der Waals surface area contributed by atoms with Crippen molar-refractivity contribution in [2.45, 2.75) is 19.4 Å². The Morgan fingerprint density at radius 1 is 1.04 bits per heavy atom. The van der Waals surface area contributed by atoms with E-state index in [1.165, 1.54) is 7.11 Å². The van der Waals surface area contributed by atoms with Gasteiger partial charge in [-0.05, 0) is 24.6 Å². The fraction of sp³-hybridized carbons (Fsp3) is 0.222. The minimum absolute atomic E-state index is 0.308. The molecule has 0 saturated carbocycles. The normalized spacial score (nSPS) is 11.6. The Hall–Kier alpha value is -2.66. The molecule has 1 amide bonds. The zero-order valence-corrected chi connectivity index (χ0v) is 13.1. The maximum Gasteiger partial charge on any atom is 0.338 e. The van der Waals surface area contributed by atoms with E-state index >= 15 is 0 Å². The summed E-state index contributed by atoms with van der Waals surface area (Å²) in [5, 5.41) is 0. The predicted octanol–water partition coefficient (Wildman–Crippen LogP) is 2.44. The lowest BCUT2D eigenvalue weighted by Crippen LogP contribution is -2.36. The van der Waals surface area contributed by atoms with Crippen LogP contribution < -0.4 is 5.48 Å². The summed E-state index contributed by atoms with van der Waals surface area (Å²) in [6, 6.07) is 16.3. The molecule has 0 saturated heterocycles. The molecule has 0 aliphatic carbocycles. The third-order valence-corrected chi connectivity index (χ3v) is 3.34. The highest BCUT2D eigenvalue weighted by atomic mass is 16.7. The number of esters is 1. The summed E-state index contributed by atoms with van der Waals surface area (Å²) in [7, 11) is 1.28. The van der Waals surface area contributed by atoms with E-state index in [0.717, 1.165) is 11.1 Å². The average Bonchev–Trinajstić information content (AvgIpc) is 2.60. The number of rotatable bonds is 6. The highest BCUT2D eigenvalue weighted by molar-refractivity contribution is 5.93. The molecule has 0 aliphatic heterocycles. The van der Waals surface area contributed by atoms with Gasteiger partial charge in [-0.15, -0.1) is 0 Å². The molecule has 0 aliphatic rings. The van der Waals surface area contributed by atoms with Gasteiger partial charge in [-0.25, -0.2) is 10.3 Å². The van der Waals surface area contributed by atoms with Crippen molar-refractivity contribution in [1.29, 1.82) is 0 Å². The second kappa shape index (κ2) is 8.10. The lowest BCUT2D eigenvalue weighted by atomic mass is 10.1. The standard InChI is InChI=1S/C18H19NO4/c1-13-8-10-14(11-9-13)12-16(18(21)22-2)23-19-17(20)15-6-4-3-5-7-15/h3-11,16H,12H2,1-2H3,(H,19,20). The van der Waals surface area contributed by atoms with E-state index in [2.05, 4.69) is 5.48 Å². The Labute approximate surface area is 135 Å². The quantitative estimate of drug-likeness (QED) is 0.657. The first-order chi connectivity index (χ1) is 11.1. The van der Waals surface area contributed by atoms with E-state index in [9.17, 15) is 9.59 Å². The Kier molecular flexibility index (Phi) is 5.88. The van der Waals surface area contributed by atoms with Gasteiger partial charge in [-0.2, -0.15) is 0 Å². The van der Waals surface area contributed by atoms with Crippen LogP contribution in [0.5, 0.6) is 0 Å².